The molecule has 0 saturated carbocycles. The molecule has 26 heavy (non-hydrogen) atoms. The molecule has 0 heterocycles. The minimum atomic E-state index is -0.954. The van der Waals surface area contributed by atoms with Gasteiger partial charge in [-0.2, -0.15) is 0 Å². The van der Waals surface area contributed by atoms with Crippen LogP contribution >= 0.6 is 0 Å². The largest absolute Gasteiger partial charge is 0.433 e. The normalized spacial score (nSPS) is 12.3. The van der Waals surface area contributed by atoms with E-state index in [1.807, 2.05) is 78.9 Å². The quantitative estimate of drug-likeness (QED) is 0.690. The van der Waals surface area contributed by atoms with Gasteiger partial charge < -0.3 is 10.5 Å². The van der Waals surface area contributed by atoms with E-state index in [0.29, 0.717) is 0 Å². The molecule has 3 aromatic carbocycles. The predicted molar refractivity (Wildman–Crippen MR) is 104 cm³/mol. The SMILES string of the molecule is CC(Cc1ccccc1)C(OC(N)=O)(c1ccccc1)c1ccccc1. The monoisotopic (exact) mass is 345 g/mol. The van der Waals surface area contributed by atoms with Crippen LogP contribution in [0.25, 0.3) is 0 Å². The number of carbonyl (C=O) groups excluding carboxylic acids is 1. The summed E-state index contributed by atoms with van der Waals surface area (Å²) in [6.07, 6.45) is -0.0321. The Morgan fingerprint density at radius 2 is 1.27 bits per heavy atom. The van der Waals surface area contributed by atoms with Crippen molar-refractivity contribution >= 4 is 6.09 Å². The van der Waals surface area contributed by atoms with Gasteiger partial charge in [-0.25, -0.2) is 4.79 Å². The minimum Gasteiger partial charge on any atom is -0.433 e. The van der Waals surface area contributed by atoms with Gasteiger partial charge in [-0.1, -0.05) is 97.9 Å². The van der Waals surface area contributed by atoms with Crippen molar-refractivity contribution in [3.63, 3.8) is 0 Å². The standard InChI is InChI=1S/C23H23NO2/c1-18(17-19-11-5-2-6-12-19)23(26-22(24)25,20-13-7-3-8-14-20)21-15-9-4-10-16-21/h2-16,18H,17H2,1H3,(H2,24,25). The van der Waals surface area contributed by atoms with Crippen LogP contribution in [-0.2, 0) is 16.8 Å². The van der Waals surface area contributed by atoms with Crippen molar-refractivity contribution in [1.82, 2.24) is 0 Å². The van der Waals surface area contributed by atoms with Gasteiger partial charge in [-0.15, -0.1) is 0 Å². The summed E-state index contributed by atoms with van der Waals surface area (Å²) in [5, 5.41) is 0. The zero-order valence-corrected chi connectivity index (χ0v) is 14.8. The van der Waals surface area contributed by atoms with E-state index in [9.17, 15) is 4.79 Å². The van der Waals surface area contributed by atoms with Gasteiger partial charge in [0, 0.05) is 17.0 Å². The third-order valence-electron chi connectivity index (χ3n) is 4.75. The molecule has 2 N–H and O–H groups in total. The lowest BCUT2D eigenvalue weighted by Crippen LogP contribution is -2.42. The maximum atomic E-state index is 11.9. The van der Waals surface area contributed by atoms with Gasteiger partial charge in [0.05, 0.1) is 0 Å². The zero-order valence-electron chi connectivity index (χ0n) is 14.8. The van der Waals surface area contributed by atoms with Gasteiger partial charge in [0.2, 0.25) is 0 Å². The molecule has 3 aromatic rings. The molecule has 1 amide bonds. The van der Waals surface area contributed by atoms with E-state index in [1.165, 1.54) is 5.56 Å². The molecule has 0 saturated heterocycles. The number of benzene rings is 3. The lowest BCUT2D eigenvalue weighted by Gasteiger charge is -2.39. The van der Waals surface area contributed by atoms with E-state index in [4.69, 9.17) is 10.5 Å². The fraction of sp³-hybridized carbons (Fsp3) is 0.174. The molecule has 0 aliphatic rings. The molecular formula is C23H23NO2. The highest BCUT2D eigenvalue weighted by molar-refractivity contribution is 5.66. The lowest BCUT2D eigenvalue weighted by molar-refractivity contribution is 0.00341. The smallest absolute Gasteiger partial charge is 0.405 e. The van der Waals surface area contributed by atoms with Gasteiger partial charge in [0.25, 0.3) is 0 Å². The Balaban J connectivity index is 2.14. The highest BCUT2D eigenvalue weighted by Gasteiger charge is 2.43. The lowest BCUT2D eigenvalue weighted by atomic mass is 9.74. The Bertz CT molecular complexity index is 792. The molecule has 1 unspecified atom stereocenters. The van der Waals surface area contributed by atoms with Crippen molar-refractivity contribution in [2.45, 2.75) is 18.9 Å². The number of ether oxygens (including phenoxy) is 1. The summed E-state index contributed by atoms with van der Waals surface area (Å²) in [7, 11) is 0. The van der Waals surface area contributed by atoms with Crippen LogP contribution in [0.3, 0.4) is 0 Å². The van der Waals surface area contributed by atoms with Crippen molar-refractivity contribution in [2.75, 3.05) is 0 Å². The van der Waals surface area contributed by atoms with Crippen molar-refractivity contribution in [3.05, 3.63) is 108 Å². The second kappa shape index (κ2) is 7.87. The second-order valence-electron chi connectivity index (χ2n) is 6.48. The summed E-state index contributed by atoms with van der Waals surface area (Å²) in [5.41, 5.74) is 7.57. The molecule has 0 aliphatic carbocycles. The summed E-state index contributed by atoms with van der Waals surface area (Å²) in [5.74, 6) is -0.0257. The Kier molecular flexibility index (Phi) is 5.37. The topological polar surface area (TPSA) is 52.3 Å². The van der Waals surface area contributed by atoms with Crippen molar-refractivity contribution < 1.29 is 9.53 Å². The van der Waals surface area contributed by atoms with Crippen LogP contribution in [0, 0.1) is 5.92 Å². The number of amides is 1. The number of rotatable bonds is 6. The first-order valence-electron chi connectivity index (χ1n) is 8.76. The molecule has 3 rings (SSSR count). The van der Waals surface area contributed by atoms with E-state index in [2.05, 4.69) is 19.1 Å². The highest BCUT2D eigenvalue weighted by Crippen LogP contribution is 2.42. The van der Waals surface area contributed by atoms with Crippen LogP contribution in [0.2, 0.25) is 0 Å². The van der Waals surface area contributed by atoms with Gasteiger partial charge >= 0.3 is 6.09 Å². The summed E-state index contributed by atoms with van der Waals surface area (Å²) in [4.78, 5) is 11.9. The maximum Gasteiger partial charge on any atom is 0.405 e. The van der Waals surface area contributed by atoms with Crippen LogP contribution in [0.4, 0.5) is 4.79 Å². The average molecular weight is 345 g/mol. The fourth-order valence-corrected chi connectivity index (χ4v) is 3.60. The van der Waals surface area contributed by atoms with Gasteiger partial charge in [-0.05, 0) is 12.0 Å². The molecule has 0 aliphatic heterocycles. The Labute approximate surface area is 154 Å². The summed E-state index contributed by atoms with van der Waals surface area (Å²) < 4.78 is 5.88. The van der Waals surface area contributed by atoms with E-state index < -0.39 is 11.7 Å². The Hall–Kier alpha value is -3.07. The minimum absolute atomic E-state index is 0.0257. The maximum absolute atomic E-state index is 11.9. The molecule has 0 radical (unpaired) electrons. The third kappa shape index (κ3) is 3.62. The third-order valence-corrected chi connectivity index (χ3v) is 4.75. The summed E-state index contributed by atoms with van der Waals surface area (Å²) in [6.45, 7) is 2.09. The van der Waals surface area contributed by atoms with Crippen molar-refractivity contribution in [3.8, 4) is 0 Å². The van der Waals surface area contributed by atoms with Gasteiger partial charge in [0.1, 0.15) is 0 Å². The molecule has 0 bridgehead atoms. The van der Waals surface area contributed by atoms with Crippen LogP contribution in [-0.4, -0.2) is 6.09 Å². The highest BCUT2D eigenvalue weighted by atomic mass is 16.6. The van der Waals surface area contributed by atoms with Gasteiger partial charge in [0.15, 0.2) is 5.60 Å². The van der Waals surface area contributed by atoms with Crippen LogP contribution in [0.1, 0.15) is 23.6 Å². The fourth-order valence-electron chi connectivity index (χ4n) is 3.60. The second-order valence-corrected chi connectivity index (χ2v) is 6.48. The number of hydrogen-bond acceptors (Lipinski definition) is 2. The van der Waals surface area contributed by atoms with Crippen LogP contribution in [0.15, 0.2) is 91.0 Å². The first-order chi connectivity index (χ1) is 12.6. The number of primary amides is 1. The molecule has 0 spiro atoms. The molecule has 0 fully saturated rings. The zero-order chi connectivity index (χ0) is 18.4. The first-order valence-corrected chi connectivity index (χ1v) is 8.76. The van der Waals surface area contributed by atoms with Crippen LogP contribution < -0.4 is 5.73 Å². The predicted octanol–water partition coefficient (Wildman–Crippen LogP) is 4.90. The van der Waals surface area contributed by atoms with Crippen molar-refractivity contribution in [2.24, 2.45) is 11.7 Å². The summed E-state index contributed by atoms with van der Waals surface area (Å²) >= 11 is 0. The molecule has 0 aromatic heterocycles. The number of nitrogens with two attached hydrogens (primary N) is 1. The molecule has 1 atom stereocenters. The molecular weight excluding hydrogens is 322 g/mol. The van der Waals surface area contributed by atoms with E-state index in [-0.39, 0.29) is 5.92 Å². The van der Waals surface area contributed by atoms with Crippen molar-refractivity contribution in [1.29, 1.82) is 0 Å². The number of carbonyl (C=O) groups is 1. The average Bonchev–Trinajstić information content (AvgIpc) is 2.68. The molecule has 3 nitrogen and oxygen atoms in total. The van der Waals surface area contributed by atoms with E-state index >= 15 is 0 Å². The first kappa shape index (κ1) is 17.7. The van der Waals surface area contributed by atoms with E-state index in [0.717, 1.165) is 17.5 Å². The summed E-state index contributed by atoms with van der Waals surface area (Å²) in [6, 6.07) is 29.8. The van der Waals surface area contributed by atoms with E-state index in [1.54, 1.807) is 0 Å². The Morgan fingerprint density at radius 3 is 1.69 bits per heavy atom. The Morgan fingerprint density at radius 1 is 0.846 bits per heavy atom. The number of hydrogen-bond donors (Lipinski definition) is 1. The van der Waals surface area contributed by atoms with Crippen LogP contribution in [0.5, 0.6) is 0 Å². The van der Waals surface area contributed by atoms with Gasteiger partial charge in [-0.3, -0.25) is 0 Å². The molecule has 3 heteroatoms. The molecule has 132 valence electrons.